The van der Waals surface area contributed by atoms with E-state index in [0.717, 1.165) is 35.0 Å². The quantitative estimate of drug-likeness (QED) is 0.880. The number of hydrogen-bond donors (Lipinski definition) is 1. The molecule has 3 nitrogen and oxygen atoms in total. The van der Waals surface area contributed by atoms with Gasteiger partial charge in [0, 0.05) is 30.3 Å². The number of hydrogen-bond acceptors (Lipinski definition) is 3. The molecule has 0 aliphatic heterocycles. The van der Waals surface area contributed by atoms with Crippen LogP contribution in [0, 0.1) is 0 Å². The molecule has 2 aromatic carbocycles. The number of halogens is 1. The summed E-state index contributed by atoms with van der Waals surface area (Å²) in [6.07, 6.45) is 0.879. The topological polar surface area (TPSA) is 38.5 Å². The van der Waals surface area contributed by atoms with E-state index < -0.39 is 0 Å². The van der Waals surface area contributed by atoms with Crippen LogP contribution in [0.1, 0.15) is 18.0 Å². The zero-order valence-electron chi connectivity index (χ0n) is 12.4. The maximum atomic E-state index is 6.23. The number of ether oxygens (including phenoxy) is 1. The Hall–Kier alpha value is -1.71. The van der Waals surface area contributed by atoms with Crippen molar-refractivity contribution in [1.82, 2.24) is 0 Å². The van der Waals surface area contributed by atoms with Crippen molar-refractivity contribution in [3.8, 4) is 5.75 Å². The van der Waals surface area contributed by atoms with Gasteiger partial charge in [-0.1, -0.05) is 23.7 Å². The normalized spacial score (nSPS) is 12.0. The molecule has 0 saturated heterocycles. The summed E-state index contributed by atoms with van der Waals surface area (Å²) in [5.41, 5.74) is 8.49. The fourth-order valence-corrected chi connectivity index (χ4v) is 2.30. The number of rotatable bonds is 6. The summed E-state index contributed by atoms with van der Waals surface area (Å²) < 4.78 is 5.17. The summed E-state index contributed by atoms with van der Waals surface area (Å²) in [6.45, 7) is 0.885. The van der Waals surface area contributed by atoms with Gasteiger partial charge in [-0.25, -0.2) is 0 Å². The third-order valence-corrected chi connectivity index (χ3v) is 3.84. The van der Waals surface area contributed by atoms with E-state index in [1.165, 1.54) is 0 Å². The Morgan fingerprint density at radius 1 is 1.10 bits per heavy atom. The maximum absolute atomic E-state index is 6.23. The van der Waals surface area contributed by atoms with Crippen molar-refractivity contribution >= 4 is 17.3 Å². The first-order chi connectivity index (χ1) is 10.1. The van der Waals surface area contributed by atoms with Gasteiger partial charge in [0.25, 0.3) is 0 Å². The first kappa shape index (κ1) is 15.7. The lowest BCUT2D eigenvalue weighted by Crippen LogP contribution is -2.23. The summed E-state index contributed by atoms with van der Waals surface area (Å²) in [5, 5.41) is 0.737. The Morgan fingerprint density at radius 3 is 2.29 bits per heavy atom. The van der Waals surface area contributed by atoms with Gasteiger partial charge < -0.3 is 15.4 Å². The highest BCUT2D eigenvalue weighted by atomic mass is 35.5. The number of benzene rings is 2. The van der Waals surface area contributed by atoms with Crippen LogP contribution in [0.25, 0.3) is 0 Å². The van der Waals surface area contributed by atoms with Gasteiger partial charge in [-0.2, -0.15) is 0 Å². The minimum absolute atomic E-state index is 0.0166. The van der Waals surface area contributed by atoms with Crippen LogP contribution in [-0.4, -0.2) is 20.7 Å². The van der Waals surface area contributed by atoms with Crippen LogP contribution >= 0.6 is 11.6 Å². The molecule has 1 atom stereocenters. The number of methoxy groups -OCH3 is 1. The lowest BCUT2D eigenvalue weighted by atomic mass is 10.0. The van der Waals surface area contributed by atoms with Crippen LogP contribution in [0.4, 0.5) is 5.69 Å². The molecule has 4 heteroatoms. The average molecular weight is 305 g/mol. The van der Waals surface area contributed by atoms with Crippen LogP contribution in [-0.2, 0) is 0 Å². The van der Waals surface area contributed by atoms with Crippen LogP contribution in [0.15, 0.2) is 48.5 Å². The highest BCUT2D eigenvalue weighted by Crippen LogP contribution is 2.21. The minimum Gasteiger partial charge on any atom is -0.497 e. The summed E-state index contributed by atoms with van der Waals surface area (Å²) in [4.78, 5) is 2.19. The van der Waals surface area contributed by atoms with Crippen molar-refractivity contribution in [3.63, 3.8) is 0 Å². The van der Waals surface area contributed by atoms with Gasteiger partial charge in [-0.05, 0) is 48.4 Å². The molecule has 0 saturated carbocycles. The predicted octanol–water partition coefficient (Wildman–Crippen LogP) is 3.87. The smallest absolute Gasteiger partial charge is 0.119 e. The predicted molar refractivity (Wildman–Crippen MR) is 89.3 cm³/mol. The molecule has 1 unspecified atom stereocenters. The summed E-state index contributed by atoms with van der Waals surface area (Å²) >= 11 is 5.89. The molecule has 0 aliphatic rings. The Morgan fingerprint density at radius 2 is 1.71 bits per heavy atom. The molecule has 0 aliphatic carbocycles. The van der Waals surface area contributed by atoms with E-state index in [1.807, 2.05) is 48.5 Å². The van der Waals surface area contributed by atoms with Crippen LogP contribution < -0.4 is 15.4 Å². The standard InChI is InChI=1S/C17H21ClN2O/c1-20(15-7-9-16(21-2)10-8-15)12-11-17(19)13-3-5-14(18)6-4-13/h3-10,17H,11-12,19H2,1-2H3. The Kier molecular flexibility index (Phi) is 5.48. The lowest BCUT2D eigenvalue weighted by molar-refractivity contribution is 0.415. The molecule has 0 fully saturated rings. The molecule has 21 heavy (non-hydrogen) atoms. The average Bonchev–Trinajstić information content (AvgIpc) is 2.53. The molecule has 112 valence electrons. The van der Waals surface area contributed by atoms with Crippen molar-refractivity contribution < 1.29 is 4.74 Å². The first-order valence-electron chi connectivity index (χ1n) is 6.96. The van der Waals surface area contributed by atoms with Crippen LogP contribution in [0.5, 0.6) is 5.75 Å². The molecular weight excluding hydrogens is 284 g/mol. The van der Waals surface area contributed by atoms with Gasteiger partial charge >= 0.3 is 0 Å². The second kappa shape index (κ2) is 7.34. The van der Waals surface area contributed by atoms with E-state index in [4.69, 9.17) is 22.1 Å². The van der Waals surface area contributed by atoms with E-state index in [1.54, 1.807) is 7.11 Å². The third kappa shape index (κ3) is 4.38. The van der Waals surface area contributed by atoms with Crippen LogP contribution in [0.2, 0.25) is 5.02 Å². The second-order valence-corrected chi connectivity index (χ2v) is 5.50. The molecule has 2 N–H and O–H groups in total. The second-order valence-electron chi connectivity index (χ2n) is 5.07. The highest BCUT2D eigenvalue weighted by Gasteiger charge is 2.08. The van der Waals surface area contributed by atoms with E-state index in [2.05, 4.69) is 11.9 Å². The SMILES string of the molecule is COc1ccc(N(C)CCC(N)c2ccc(Cl)cc2)cc1. The lowest BCUT2D eigenvalue weighted by Gasteiger charge is -2.22. The van der Waals surface area contributed by atoms with E-state index in [0.29, 0.717) is 0 Å². The van der Waals surface area contributed by atoms with Gasteiger partial charge in [-0.3, -0.25) is 0 Å². The molecule has 0 heterocycles. The molecule has 2 aromatic rings. The minimum atomic E-state index is 0.0166. The molecule has 0 radical (unpaired) electrons. The molecular formula is C17H21ClN2O. The Labute approximate surface area is 131 Å². The van der Waals surface area contributed by atoms with Gasteiger partial charge in [0.15, 0.2) is 0 Å². The number of anilines is 1. The molecule has 0 amide bonds. The summed E-state index contributed by atoms with van der Waals surface area (Å²) in [6, 6.07) is 15.8. The highest BCUT2D eigenvalue weighted by molar-refractivity contribution is 6.30. The third-order valence-electron chi connectivity index (χ3n) is 3.59. The van der Waals surface area contributed by atoms with E-state index >= 15 is 0 Å². The summed E-state index contributed by atoms with van der Waals surface area (Å²) in [7, 11) is 3.74. The van der Waals surface area contributed by atoms with Gasteiger partial charge in [0.2, 0.25) is 0 Å². The van der Waals surface area contributed by atoms with Gasteiger partial charge in [0.1, 0.15) is 5.75 Å². The fraction of sp³-hybridized carbons (Fsp3) is 0.294. The van der Waals surface area contributed by atoms with Gasteiger partial charge in [-0.15, -0.1) is 0 Å². The van der Waals surface area contributed by atoms with Gasteiger partial charge in [0.05, 0.1) is 7.11 Å². The number of nitrogens with zero attached hydrogens (tertiary/aromatic N) is 1. The molecule has 0 bridgehead atoms. The monoisotopic (exact) mass is 304 g/mol. The zero-order valence-corrected chi connectivity index (χ0v) is 13.2. The van der Waals surface area contributed by atoms with E-state index in [-0.39, 0.29) is 6.04 Å². The molecule has 2 rings (SSSR count). The van der Waals surface area contributed by atoms with Crippen molar-refractivity contribution in [3.05, 3.63) is 59.1 Å². The van der Waals surface area contributed by atoms with Crippen molar-refractivity contribution in [2.75, 3.05) is 25.6 Å². The molecule has 0 aromatic heterocycles. The summed E-state index contributed by atoms with van der Waals surface area (Å²) in [5.74, 6) is 0.866. The van der Waals surface area contributed by atoms with E-state index in [9.17, 15) is 0 Å². The molecule has 0 spiro atoms. The zero-order chi connectivity index (χ0) is 15.2. The largest absolute Gasteiger partial charge is 0.497 e. The Bertz CT molecular complexity index is 554. The van der Waals surface area contributed by atoms with Crippen molar-refractivity contribution in [1.29, 1.82) is 0 Å². The fourth-order valence-electron chi connectivity index (χ4n) is 2.18. The first-order valence-corrected chi connectivity index (χ1v) is 7.34. The van der Waals surface area contributed by atoms with Crippen molar-refractivity contribution in [2.45, 2.75) is 12.5 Å². The Balaban J connectivity index is 1.90. The van der Waals surface area contributed by atoms with Crippen molar-refractivity contribution in [2.24, 2.45) is 5.73 Å². The van der Waals surface area contributed by atoms with Crippen LogP contribution in [0.3, 0.4) is 0 Å². The number of nitrogens with two attached hydrogens (primary N) is 1. The maximum Gasteiger partial charge on any atom is 0.119 e.